The molecule has 1 aromatic rings. The molecule has 8 heteroatoms. The maximum Gasteiger partial charge on any atom is 0.289 e. The van der Waals surface area contributed by atoms with E-state index in [1.165, 1.54) is 28.6 Å². The first-order valence-corrected chi connectivity index (χ1v) is 10.0. The number of nitro groups is 1. The molecule has 2 saturated carbocycles. The van der Waals surface area contributed by atoms with Gasteiger partial charge in [-0.05, 0) is 31.2 Å². The fraction of sp³-hybridized carbons (Fsp3) is 0.467. The van der Waals surface area contributed by atoms with Gasteiger partial charge in [0.05, 0.1) is 4.92 Å². The van der Waals surface area contributed by atoms with E-state index in [9.17, 15) is 18.5 Å². The van der Waals surface area contributed by atoms with Crippen molar-refractivity contribution in [3.05, 3.63) is 46.7 Å². The average Bonchev–Trinajstić information content (AvgIpc) is 3.14. The van der Waals surface area contributed by atoms with Crippen LogP contribution in [0, 0.1) is 22.0 Å². The number of allylic oxidation sites excluding steroid dienone is 1. The quantitative estimate of drug-likeness (QED) is 0.309. The van der Waals surface area contributed by atoms with E-state index in [1.807, 2.05) is 6.08 Å². The highest BCUT2D eigenvalue weighted by Crippen LogP contribution is 2.68. The number of halogens is 1. The van der Waals surface area contributed by atoms with Crippen LogP contribution in [0.5, 0.6) is 0 Å². The number of hydrogen-bond acceptors (Lipinski definition) is 4. The molecule has 0 spiro atoms. The lowest BCUT2D eigenvalue weighted by Gasteiger charge is -2.34. The summed E-state index contributed by atoms with van der Waals surface area (Å²) in [5.74, 6) is 0.771. The summed E-state index contributed by atoms with van der Waals surface area (Å²) in [6, 6.07) is 5.48. The van der Waals surface area contributed by atoms with Crippen molar-refractivity contribution in [3.8, 4) is 0 Å². The molecule has 3 aliphatic rings. The third-order valence-electron chi connectivity index (χ3n) is 5.25. The molecule has 2 fully saturated rings. The molecule has 4 atom stereocenters. The number of alkyl halides is 1. The number of rotatable bonds is 3. The zero-order valence-corrected chi connectivity index (χ0v) is 15.1. The highest BCUT2D eigenvalue weighted by molar-refractivity contribution is 14.1. The normalized spacial score (nSPS) is 34.8. The van der Waals surface area contributed by atoms with Crippen molar-refractivity contribution in [2.24, 2.45) is 11.8 Å². The van der Waals surface area contributed by atoms with Gasteiger partial charge in [-0.15, -0.1) is 0 Å². The predicted octanol–water partition coefficient (Wildman–Crippen LogP) is 3.09. The Balaban J connectivity index is 1.78. The summed E-state index contributed by atoms with van der Waals surface area (Å²) in [6.07, 6.45) is 6.51. The van der Waals surface area contributed by atoms with E-state index >= 15 is 0 Å². The molecule has 0 amide bonds. The topological polar surface area (TPSA) is 80.5 Å². The highest BCUT2D eigenvalue weighted by Gasteiger charge is 2.68. The number of sulfonamides is 1. The molecule has 0 N–H and O–H groups in total. The van der Waals surface area contributed by atoms with Crippen LogP contribution in [0.1, 0.15) is 19.3 Å². The minimum atomic E-state index is -3.92. The van der Waals surface area contributed by atoms with Crippen molar-refractivity contribution >= 4 is 38.3 Å². The molecule has 0 aromatic heterocycles. The van der Waals surface area contributed by atoms with E-state index in [0.717, 1.165) is 19.3 Å². The van der Waals surface area contributed by atoms with Crippen LogP contribution < -0.4 is 0 Å². The van der Waals surface area contributed by atoms with Crippen LogP contribution >= 0.6 is 22.6 Å². The van der Waals surface area contributed by atoms with Crippen LogP contribution in [0.2, 0.25) is 0 Å². The Morgan fingerprint density at radius 1 is 1.35 bits per heavy atom. The van der Waals surface area contributed by atoms with Crippen molar-refractivity contribution in [2.45, 2.75) is 33.6 Å². The summed E-state index contributed by atoms with van der Waals surface area (Å²) >= 11 is 2.47. The summed E-state index contributed by atoms with van der Waals surface area (Å²) in [4.78, 5) is 10.3. The number of hydrogen-bond donors (Lipinski definition) is 0. The zero-order valence-electron chi connectivity index (χ0n) is 12.1. The maximum atomic E-state index is 13.0. The molecule has 0 unspecified atom stereocenters. The summed E-state index contributed by atoms with van der Waals surface area (Å²) in [5.41, 5.74) is -0.365. The smallest absolute Gasteiger partial charge is 0.270 e. The average molecular weight is 446 g/mol. The number of nitro benzene ring substituents is 1. The third-order valence-corrected chi connectivity index (χ3v) is 9.07. The summed E-state index contributed by atoms with van der Waals surface area (Å²) in [7, 11) is -3.92. The zero-order chi connectivity index (χ0) is 16.4. The van der Waals surface area contributed by atoms with Crippen LogP contribution in [-0.2, 0) is 10.0 Å². The van der Waals surface area contributed by atoms with Gasteiger partial charge in [0.2, 0.25) is 0 Å². The summed E-state index contributed by atoms with van der Waals surface area (Å²) in [5, 5.41) is 11.2. The van der Waals surface area contributed by atoms with E-state index in [0.29, 0.717) is 11.8 Å². The van der Waals surface area contributed by atoms with Gasteiger partial charge in [-0.3, -0.25) is 14.4 Å². The van der Waals surface area contributed by atoms with Gasteiger partial charge in [0.15, 0.2) is 4.90 Å². The summed E-state index contributed by atoms with van der Waals surface area (Å²) < 4.78 is 27.6. The number of para-hydroxylation sites is 1. The van der Waals surface area contributed by atoms with E-state index in [-0.39, 0.29) is 20.0 Å². The molecule has 1 aliphatic heterocycles. The molecule has 0 saturated heterocycles. The van der Waals surface area contributed by atoms with E-state index < -0.39 is 14.9 Å². The molecule has 1 heterocycles. The lowest BCUT2D eigenvalue weighted by Crippen LogP contribution is -2.41. The van der Waals surface area contributed by atoms with Gasteiger partial charge < -0.3 is 0 Å². The first-order valence-electron chi connectivity index (χ1n) is 7.51. The second-order valence-corrected chi connectivity index (χ2v) is 10.2. The number of benzene rings is 1. The lowest BCUT2D eigenvalue weighted by atomic mass is 9.95. The van der Waals surface area contributed by atoms with E-state index in [1.54, 1.807) is 6.20 Å². The molecule has 2 aliphatic carbocycles. The second kappa shape index (κ2) is 4.92. The molecular weight excluding hydrogens is 431 g/mol. The highest BCUT2D eigenvalue weighted by atomic mass is 127. The second-order valence-electron chi connectivity index (χ2n) is 6.34. The van der Waals surface area contributed by atoms with Crippen LogP contribution in [0.3, 0.4) is 0 Å². The van der Waals surface area contributed by atoms with Crippen molar-refractivity contribution in [3.63, 3.8) is 0 Å². The molecule has 6 nitrogen and oxygen atoms in total. The van der Waals surface area contributed by atoms with Crippen LogP contribution in [0.4, 0.5) is 5.69 Å². The third kappa shape index (κ3) is 2.07. The van der Waals surface area contributed by atoms with Gasteiger partial charge in [0, 0.05) is 27.6 Å². The fourth-order valence-corrected chi connectivity index (χ4v) is 7.48. The largest absolute Gasteiger partial charge is 0.289 e. The van der Waals surface area contributed by atoms with Crippen molar-refractivity contribution < 1.29 is 13.3 Å². The van der Waals surface area contributed by atoms with E-state index in [2.05, 4.69) is 22.6 Å². The first-order chi connectivity index (χ1) is 10.9. The Morgan fingerprint density at radius 2 is 2.09 bits per heavy atom. The molecular formula is C15H15IN2O4S. The summed E-state index contributed by atoms with van der Waals surface area (Å²) in [6.45, 7) is 0. The van der Waals surface area contributed by atoms with Gasteiger partial charge in [0.1, 0.15) is 0 Å². The molecule has 1 aromatic carbocycles. The maximum absolute atomic E-state index is 13.0. The Labute approximate surface area is 147 Å². The molecule has 122 valence electrons. The van der Waals surface area contributed by atoms with Crippen molar-refractivity contribution in [2.75, 3.05) is 0 Å². The Hall–Kier alpha value is -1.16. The fourth-order valence-electron chi connectivity index (χ4n) is 4.17. The number of nitrogens with zero attached hydrogens (tertiary/aromatic N) is 2. The predicted molar refractivity (Wildman–Crippen MR) is 92.6 cm³/mol. The molecule has 0 radical (unpaired) electrons. The first kappa shape index (κ1) is 15.4. The molecule has 23 heavy (non-hydrogen) atoms. The molecule has 4 rings (SSSR count). The monoisotopic (exact) mass is 446 g/mol. The van der Waals surface area contributed by atoms with E-state index in [4.69, 9.17) is 0 Å². The van der Waals surface area contributed by atoms with Crippen molar-refractivity contribution in [1.29, 1.82) is 0 Å². The number of fused-ring (bicyclic) bond motifs is 1. The van der Waals surface area contributed by atoms with Crippen molar-refractivity contribution in [1.82, 2.24) is 4.31 Å². The Kier molecular flexibility index (Phi) is 3.29. The van der Waals surface area contributed by atoms with Gasteiger partial charge >= 0.3 is 0 Å². The molecule has 0 bridgehead atoms. The minimum Gasteiger partial charge on any atom is -0.270 e. The van der Waals surface area contributed by atoms with Crippen LogP contribution in [-0.4, -0.2) is 27.1 Å². The van der Waals surface area contributed by atoms with Crippen LogP contribution in [0.15, 0.2) is 41.4 Å². The standard InChI is InChI=1S/C15H15IN2O4S/c16-15-8-3-5-12-14(15)10(15)7-9-17(12)23(21,22)13-6-2-1-4-11(13)18(19)20/h1-2,4,6-7,9-10,12,14H,3,5,8H2/t10-,12-,14-,15+/m0/s1. The SMILES string of the molecule is O=[N+]([O-])c1ccccc1S(=O)(=O)N1C=C[C@H]2[C@H]3[C@@H]1CCC[C@]32I. The van der Waals surface area contributed by atoms with Gasteiger partial charge in [0.25, 0.3) is 15.7 Å². The van der Waals surface area contributed by atoms with Gasteiger partial charge in [-0.1, -0.05) is 40.8 Å². The van der Waals surface area contributed by atoms with Crippen LogP contribution in [0.25, 0.3) is 0 Å². The van der Waals surface area contributed by atoms with Gasteiger partial charge in [-0.2, -0.15) is 0 Å². The van der Waals surface area contributed by atoms with Gasteiger partial charge in [-0.25, -0.2) is 8.42 Å². The Morgan fingerprint density at radius 3 is 2.83 bits per heavy atom. The minimum absolute atomic E-state index is 0.0829. The lowest BCUT2D eigenvalue weighted by molar-refractivity contribution is -0.387. The Bertz CT molecular complexity index is 825.